The molecule has 8 heteroatoms. The molecule has 0 aliphatic heterocycles. The van der Waals surface area contributed by atoms with Gasteiger partial charge in [-0.25, -0.2) is 18.4 Å². The summed E-state index contributed by atoms with van der Waals surface area (Å²) in [7, 11) is -3.53. The number of nitrogens with zero attached hydrogens (tertiary/aromatic N) is 2. The number of rotatable bonds is 5. The van der Waals surface area contributed by atoms with E-state index < -0.39 is 15.7 Å². The van der Waals surface area contributed by atoms with E-state index in [1.807, 2.05) is 16.8 Å². The second-order valence-electron chi connectivity index (χ2n) is 4.59. The van der Waals surface area contributed by atoms with Crippen LogP contribution < -0.4 is 5.32 Å². The highest BCUT2D eigenvalue weighted by molar-refractivity contribution is 7.90. The molecule has 0 atom stereocenters. The van der Waals surface area contributed by atoms with E-state index in [2.05, 4.69) is 15.3 Å². The zero-order valence-corrected chi connectivity index (χ0v) is 13.3. The molecule has 0 spiro atoms. The van der Waals surface area contributed by atoms with E-state index in [-0.39, 0.29) is 10.9 Å². The first-order valence-corrected chi connectivity index (χ1v) is 9.04. The molecule has 6 nitrogen and oxygen atoms in total. The number of sulfone groups is 1. The van der Waals surface area contributed by atoms with Gasteiger partial charge in [0.05, 0.1) is 0 Å². The molecule has 2 aromatic heterocycles. The first kappa shape index (κ1) is 15.6. The lowest BCUT2D eigenvalue weighted by molar-refractivity contribution is 0.0947. The molecular formula is C13H15N3O3S2. The van der Waals surface area contributed by atoms with Gasteiger partial charge in [0.1, 0.15) is 5.69 Å². The third-order valence-electron chi connectivity index (χ3n) is 2.78. The zero-order valence-electron chi connectivity index (χ0n) is 11.7. The molecule has 1 N–H and O–H groups in total. The van der Waals surface area contributed by atoms with Gasteiger partial charge in [0.25, 0.3) is 5.91 Å². The Morgan fingerprint density at radius 1 is 1.43 bits per heavy atom. The molecular weight excluding hydrogens is 310 g/mol. The molecule has 0 unspecified atom stereocenters. The summed E-state index contributed by atoms with van der Waals surface area (Å²) in [5.74, 6) is -0.393. The fraction of sp³-hybridized carbons (Fsp3) is 0.308. The smallest absolute Gasteiger partial charge is 0.270 e. The van der Waals surface area contributed by atoms with Crippen LogP contribution in [0, 0.1) is 6.92 Å². The number of carbonyl (C=O) groups is 1. The normalized spacial score (nSPS) is 11.3. The third kappa shape index (κ3) is 4.08. The molecule has 0 saturated carbocycles. The number of aromatic nitrogens is 2. The van der Waals surface area contributed by atoms with Crippen LogP contribution in [0.25, 0.3) is 0 Å². The van der Waals surface area contributed by atoms with Crippen molar-refractivity contribution in [3.8, 4) is 0 Å². The minimum Gasteiger partial charge on any atom is -0.350 e. The lowest BCUT2D eigenvalue weighted by Crippen LogP contribution is -2.28. The maximum atomic E-state index is 12.1. The van der Waals surface area contributed by atoms with E-state index in [1.165, 1.54) is 6.20 Å². The van der Waals surface area contributed by atoms with E-state index >= 15 is 0 Å². The number of amides is 1. The maximum absolute atomic E-state index is 12.1. The number of carbonyl (C=O) groups excluding carboxylic acids is 1. The Morgan fingerprint density at radius 2 is 2.19 bits per heavy atom. The van der Waals surface area contributed by atoms with E-state index in [9.17, 15) is 13.2 Å². The summed E-state index contributed by atoms with van der Waals surface area (Å²) >= 11 is 1.60. The fourth-order valence-electron chi connectivity index (χ4n) is 1.67. The summed E-state index contributed by atoms with van der Waals surface area (Å²) < 4.78 is 22.9. The summed E-state index contributed by atoms with van der Waals surface area (Å²) in [4.78, 5) is 19.7. The van der Waals surface area contributed by atoms with Gasteiger partial charge in [0, 0.05) is 19.0 Å². The van der Waals surface area contributed by atoms with E-state index in [1.54, 1.807) is 18.3 Å². The molecule has 0 bridgehead atoms. The van der Waals surface area contributed by atoms with Crippen molar-refractivity contribution in [2.24, 2.45) is 0 Å². The molecule has 21 heavy (non-hydrogen) atoms. The monoisotopic (exact) mass is 325 g/mol. The summed E-state index contributed by atoms with van der Waals surface area (Å²) in [6, 6.07) is 1.99. The van der Waals surface area contributed by atoms with Crippen LogP contribution in [-0.4, -0.2) is 37.1 Å². The highest BCUT2D eigenvalue weighted by Gasteiger charge is 2.17. The molecule has 112 valence electrons. The Balaban J connectivity index is 2.08. The highest BCUT2D eigenvalue weighted by Crippen LogP contribution is 2.09. The molecule has 0 aromatic carbocycles. The SMILES string of the molecule is Cc1cnc(S(C)(=O)=O)nc1C(=O)NCCc1ccsc1. The van der Waals surface area contributed by atoms with Crippen molar-refractivity contribution in [1.82, 2.24) is 15.3 Å². The Labute approximate surface area is 127 Å². The second-order valence-corrected chi connectivity index (χ2v) is 7.28. The van der Waals surface area contributed by atoms with Crippen molar-refractivity contribution < 1.29 is 13.2 Å². The summed E-state index contributed by atoms with van der Waals surface area (Å²) in [5, 5.41) is 6.39. The van der Waals surface area contributed by atoms with Crippen LogP contribution in [0.3, 0.4) is 0 Å². The van der Waals surface area contributed by atoms with Crippen molar-refractivity contribution in [3.63, 3.8) is 0 Å². The molecule has 0 aliphatic rings. The molecule has 0 saturated heterocycles. The van der Waals surface area contributed by atoms with Crippen molar-refractivity contribution in [1.29, 1.82) is 0 Å². The van der Waals surface area contributed by atoms with E-state index in [4.69, 9.17) is 0 Å². The van der Waals surface area contributed by atoms with E-state index in [0.717, 1.165) is 18.2 Å². The fourth-order valence-corrected chi connectivity index (χ4v) is 2.88. The molecule has 0 fully saturated rings. The van der Waals surface area contributed by atoms with Crippen molar-refractivity contribution in [2.45, 2.75) is 18.5 Å². The minimum absolute atomic E-state index is 0.0933. The topological polar surface area (TPSA) is 89.0 Å². The number of hydrogen-bond acceptors (Lipinski definition) is 6. The lowest BCUT2D eigenvalue weighted by Gasteiger charge is -2.07. The Kier molecular flexibility index (Phi) is 4.69. The van der Waals surface area contributed by atoms with Crippen molar-refractivity contribution >= 4 is 27.1 Å². The maximum Gasteiger partial charge on any atom is 0.270 e. The molecule has 2 aromatic rings. The Bertz CT molecular complexity index is 740. The van der Waals surface area contributed by atoms with Gasteiger partial charge in [-0.2, -0.15) is 11.3 Å². The molecule has 0 aliphatic carbocycles. The van der Waals surface area contributed by atoms with Gasteiger partial charge in [-0.3, -0.25) is 4.79 Å². The summed E-state index contributed by atoms with van der Waals surface area (Å²) in [5.41, 5.74) is 1.78. The zero-order chi connectivity index (χ0) is 15.5. The third-order valence-corrected chi connectivity index (χ3v) is 4.37. The predicted molar refractivity (Wildman–Crippen MR) is 80.2 cm³/mol. The first-order valence-electron chi connectivity index (χ1n) is 6.21. The van der Waals surface area contributed by atoms with Gasteiger partial charge in [0.15, 0.2) is 0 Å². The average Bonchev–Trinajstić information content (AvgIpc) is 2.91. The average molecular weight is 325 g/mol. The van der Waals surface area contributed by atoms with Crippen LogP contribution in [-0.2, 0) is 16.3 Å². The number of aryl methyl sites for hydroxylation is 1. The quantitative estimate of drug-likeness (QED) is 0.835. The van der Waals surface area contributed by atoms with Crippen LogP contribution in [0.1, 0.15) is 21.6 Å². The Morgan fingerprint density at radius 3 is 2.81 bits per heavy atom. The number of nitrogens with one attached hydrogen (secondary N) is 1. The Hall–Kier alpha value is -1.80. The summed E-state index contributed by atoms with van der Waals surface area (Å²) in [6.45, 7) is 2.13. The van der Waals surface area contributed by atoms with Gasteiger partial charge in [0.2, 0.25) is 15.0 Å². The van der Waals surface area contributed by atoms with Gasteiger partial charge in [-0.15, -0.1) is 0 Å². The first-order chi connectivity index (χ1) is 9.88. The van der Waals surface area contributed by atoms with Crippen molar-refractivity contribution in [3.05, 3.63) is 39.8 Å². The van der Waals surface area contributed by atoms with Crippen LogP contribution in [0.4, 0.5) is 0 Å². The van der Waals surface area contributed by atoms with Gasteiger partial charge >= 0.3 is 0 Å². The van der Waals surface area contributed by atoms with Crippen LogP contribution in [0.15, 0.2) is 28.2 Å². The lowest BCUT2D eigenvalue weighted by atomic mass is 10.2. The van der Waals surface area contributed by atoms with Crippen LogP contribution in [0.5, 0.6) is 0 Å². The number of hydrogen-bond donors (Lipinski definition) is 1. The van der Waals surface area contributed by atoms with Gasteiger partial charge in [-0.05, 0) is 41.3 Å². The predicted octanol–water partition coefficient (Wildman–Crippen LogP) is 1.22. The summed E-state index contributed by atoms with van der Waals surface area (Å²) in [6.07, 6.45) is 3.07. The van der Waals surface area contributed by atoms with Crippen LogP contribution >= 0.6 is 11.3 Å². The molecule has 2 rings (SSSR count). The van der Waals surface area contributed by atoms with Gasteiger partial charge in [-0.1, -0.05) is 0 Å². The molecule has 2 heterocycles. The second kappa shape index (κ2) is 6.31. The molecule has 0 radical (unpaired) electrons. The van der Waals surface area contributed by atoms with E-state index in [0.29, 0.717) is 12.1 Å². The largest absolute Gasteiger partial charge is 0.350 e. The van der Waals surface area contributed by atoms with Crippen LogP contribution in [0.2, 0.25) is 0 Å². The number of thiophene rings is 1. The van der Waals surface area contributed by atoms with Crippen molar-refractivity contribution in [2.75, 3.05) is 12.8 Å². The molecule has 1 amide bonds. The highest BCUT2D eigenvalue weighted by atomic mass is 32.2. The standard InChI is InChI=1S/C13H15N3O3S2/c1-9-7-15-13(21(2,18)19)16-11(9)12(17)14-5-3-10-4-6-20-8-10/h4,6-8H,3,5H2,1-2H3,(H,14,17). The minimum atomic E-state index is -3.53. The van der Waals surface area contributed by atoms with Gasteiger partial charge < -0.3 is 5.32 Å².